The van der Waals surface area contributed by atoms with Crippen molar-refractivity contribution in [1.82, 2.24) is 5.32 Å². The Morgan fingerprint density at radius 1 is 1.29 bits per heavy atom. The maximum atomic E-state index is 11.3. The largest absolute Gasteiger partial charge is 0.480 e. The van der Waals surface area contributed by atoms with Crippen molar-refractivity contribution in [2.45, 2.75) is 19.9 Å². The van der Waals surface area contributed by atoms with E-state index in [1.54, 1.807) is 6.08 Å². The molecule has 0 heterocycles. The Morgan fingerprint density at radius 2 is 1.88 bits per heavy atom. The number of carbonyl (C=O) groups is 2. The van der Waals surface area contributed by atoms with Gasteiger partial charge in [0, 0.05) is 6.08 Å². The van der Waals surface area contributed by atoms with Crippen LogP contribution in [0.15, 0.2) is 30.3 Å². The molecule has 2 N–H and O–H groups in total. The Kier molecular flexibility index (Phi) is 4.46. The quantitative estimate of drug-likeness (QED) is 0.776. The van der Waals surface area contributed by atoms with Crippen molar-refractivity contribution in [2.75, 3.05) is 0 Å². The summed E-state index contributed by atoms with van der Waals surface area (Å²) in [7, 11) is 0. The van der Waals surface area contributed by atoms with Gasteiger partial charge in [-0.25, -0.2) is 0 Å². The van der Waals surface area contributed by atoms with Gasteiger partial charge in [0.05, 0.1) is 0 Å². The summed E-state index contributed by atoms with van der Waals surface area (Å²) >= 11 is 0. The van der Waals surface area contributed by atoms with Crippen molar-refractivity contribution < 1.29 is 14.7 Å². The second kappa shape index (κ2) is 5.84. The molecule has 90 valence electrons. The zero-order chi connectivity index (χ0) is 12.8. The van der Waals surface area contributed by atoms with Gasteiger partial charge < -0.3 is 10.4 Å². The average molecular weight is 233 g/mol. The van der Waals surface area contributed by atoms with Gasteiger partial charge >= 0.3 is 5.97 Å². The predicted octanol–water partition coefficient (Wildman–Crippen LogP) is 1.60. The lowest BCUT2D eigenvalue weighted by atomic mass is 10.1. The average Bonchev–Trinajstić information content (AvgIpc) is 2.28. The maximum Gasteiger partial charge on any atom is 0.325 e. The molecule has 4 heteroatoms. The van der Waals surface area contributed by atoms with Crippen molar-refractivity contribution >= 4 is 18.0 Å². The van der Waals surface area contributed by atoms with Crippen LogP contribution in [0.2, 0.25) is 0 Å². The highest BCUT2D eigenvalue weighted by Crippen LogP contribution is 2.04. The number of carboxylic acids is 1. The lowest BCUT2D eigenvalue weighted by Crippen LogP contribution is -2.37. The highest BCUT2D eigenvalue weighted by Gasteiger charge is 2.11. The molecule has 0 saturated heterocycles. The van der Waals surface area contributed by atoms with Gasteiger partial charge in [-0.05, 0) is 25.5 Å². The van der Waals surface area contributed by atoms with Crippen LogP contribution in [0, 0.1) is 6.92 Å². The third kappa shape index (κ3) is 4.51. The Morgan fingerprint density at radius 3 is 2.41 bits per heavy atom. The number of nitrogens with one attached hydrogen (secondary N) is 1. The smallest absolute Gasteiger partial charge is 0.325 e. The molecule has 0 radical (unpaired) electrons. The summed E-state index contributed by atoms with van der Waals surface area (Å²) in [6, 6.07) is 6.78. The van der Waals surface area contributed by atoms with Crippen LogP contribution in [0.1, 0.15) is 18.1 Å². The van der Waals surface area contributed by atoms with E-state index in [0.29, 0.717) is 0 Å². The summed E-state index contributed by atoms with van der Waals surface area (Å²) in [5.41, 5.74) is 2.04. The summed E-state index contributed by atoms with van der Waals surface area (Å²) in [5.74, 6) is -1.47. The molecule has 0 aliphatic heterocycles. The van der Waals surface area contributed by atoms with Crippen molar-refractivity contribution in [2.24, 2.45) is 0 Å². The van der Waals surface area contributed by atoms with Crippen LogP contribution in [0.4, 0.5) is 0 Å². The molecule has 0 spiro atoms. The van der Waals surface area contributed by atoms with Crippen LogP contribution in [0.25, 0.3) is 6.08 Å². The van der Waals surface area contributed by atoms with Crippen LogP contribution in [-0.4, -0.2) is 23.0 Å². The van der Waals surface area contributed by atoms with E-state index in [4.69, 9.17) is 5.11 Å². The number of benzene rings is 1. The summed E-state index contributed by atoms with van der Waals surface area (Å²) in [6.45, 7) is 3.40. The Labute approximate surface area is 100.0 Å². The van der Waals surface area contributed by atoms with Gasteiger partial charge in [-0.3, -0.25) is 9.59 Å². The van der Waals surface area contributed by atoms with Gasteiger partial charge in [-0.1, -0.05) is 29.8 Å². The number of carbonyl (C=O) groups excluding carboxylic acids is 1. The van der Waals surface area contributed by atoms with E-state index in [1.807, 2.05) is 31.2 Å². The minimum absolute atomic E-state index is 0.416. The molecule has 1 aromatic rings. The lowest BCUT2D eigenvalue weighted by molar-refractivity contribution is -0.140. The van der Waals surface area contributed by atoms with Gasteiger partial charge in [0.1, 0.15) is 6.04 Å². The fourth-order valence-corrected chi connectivity index (χ4v) is 1.17. The zero-order valence-corrected chi connectivity index (χ0v) is 9.81. The fourth-order valence-electron chi connectivity index (χ4n) is 1.17. The van der Waals surface area contributed by atoms with E-state index < -0.39 is 17.9 Å². The number of carboxylic acid groups (broad SMARTS) is 1. The van der Waals surface area contributed by atoms with Crippen LogP contribution in [0.5, 0.6) is 0 Å². The second-order valence-electron chi connectivity index (χ2n) is 3.81. The van der Waals surface area contributed by atoms with Gasteiger partial charge in [0.25, 0.3) is 0 Å². The number of hydrogen-bond acceptors (Lipinski definition) is 2. The number of hydrogen-bond donors (Lipinski definition) is 2. The molecular formula is C13H15NO3. The molecule has 1 amide bonds. The van der Waals surface area contributed by atoms with Crippen LogP contribution in [0.3, 0.4) is 0 Å². The third-order valence-corrected chi connectivity index (χ3v) is 2.23. The highest BCUT2D eigenvalue weighted by molar-refractivity contribution is 5.94. The molecule has 0 aliphatic rings. The van der Waals surface area contributed by atoms with Gasteiger partial charge in [-0.15, -0.1) is 0 Å². The van der Waals surface area contributed by atoms with Crippen molar-refractivity contribution in [1.29, 1.82) is 0 Å². The SMILES string of the molecule is Cc1ccc(C=CC(=O)N[C@H](C)C(=O)O)cc1. The maximum absolute atomic E-state index is 11.3. The fraction of sp³-hybridized carbons (Fsp3) is 0.231. The molecule has 0 bridgehead atoms. The molecule has 1 atom stereocenters. The second-order valence-corrected chi connectivity index (χ2v) is 3.81. The Bertz CT molecular complexity index is 434. The summed E-state index contributed by atoms with van der Waals surface area (Å²) in [5, 5.41) is 10.9. The molecule has 0 saturated carbocycles. The zero-order valence-electron chi connectivity index (χ0n) is 9.81. The minimum atomic E-state index is -1.05. The summed E-state index contributed by atoms with van der Waals surface area (Å²) in [6.07, 6.45) is 2.97. The first-order valence-corrected chi connectivity index (χ1v) is 5.27. The first kappa shape index (κ1) is 13.0. The molecule has 0 aliphatic carbocycles. The van der Waals surface area contributed by atoms with Crippen LogP contribution in [-0.2, 0) is 9.59 Å². The first-order chi connectivity index (χ1) is 7.99. The Balaban J connectivity index is 2.56. The van der Waals surface area contributed by atoms with E-state index in [0.717, 1.165) is 11.1 Å². The lowest BCUT2D eigenvalue weighted by Gasteiger charge is -2.05. The minimum Gasteiger partial charge on any atom is -0.480 e. The molecular weight excluding hydrogens is 218 g/mol. The topological polar surface area (TPSA) is 66.4 Å². The molecule has 0 fully saturated rings. The molecule has 0 aromatic heterocycles. The molecule has 1 rings (SSSR count). The van der Waals surface area contributed by atoms with E-state index >= 15 is 0 Å². The van der Waals surface area contributed by atoms with Crippen molar-refractivity contribution in [3.8, 4) is 0 Å². The van der Waals surface area contributed by atoms with Crippen molar-refractivity contribution in [3.63, 3.8) is 0 Å². The first-order valence-electron chi connectivity index (χ1n) is 5.27. The van der Waals surface area contributed by atoms with E-state index in [1.165, 1.54) is 13.0 Å². The monoisotopic (exact) mass is 233 g/mol. The van der Waals surface area contributed by atoms with E-state index in [2.05, 4.69) is 5.32 Å². The molecule has 17 heavy (non-hydrogen) atoms. The van der Waals surface area contributed by atoms with Crippen LogP contribution >= 0.6 is 0 Å². The Hall–Kier alpha value is -2.10. The highest BCUT2D eigenvalue weighted by atomic mass is 16.4. The van der Waals surface area contributed by atoms with Crippen molar-refractivity contribution in [3.05, 3.63) is 41.5 Å². The number of aliphatic carboxylic acids is 1. The van der Waals surface area contributed by atoms with E-state index in [-0.39, 0.29) is 0 Å². The molecule has 0 unspecified atom stereocenters. The number of aryl methyl sites for hydroxylation is 1. The van der Waals surface area contributed by atoms with E-state index in [9.17, 15) is 9.59 Å². The number of amides is 1. The van der Waals surface area contributed by atoms with Gasteiger partial charge in [0.15, 0.2) is 0 Å². The van der Waals surface area contributed by atoms with Crippen LogP contribution < -0.4 is 5.32 Å². The third-order valence-electron chi connectivity index (χ3n) is 2.23. The van der Waals surface area contributed by atoms with Gasteiger partial charge in [0.2, 0.25) is 5.91 Å². The molecule has 4 nitrogen and oxygen atoms in total. The molecule has 1 aromatic carbocycles. The predicted molar refractivity (Wildman–Crippen MR) is 65.5 cm³/mol. The number of rotatable bonds is 4. The summed E-state index contributed by atoms with van der Waals surface area (Å²) < 4.78 is 0. The normalized spacial score (nSPS) is 12.4. The standard InChI is InChI=1S/C13H15NO3/c1-9-3-5-11(6-4-9)7-8-12(15)14-10(2)13(16)17/h3-8,10H,1-2H3,(H,14,15)(H,16,17)/t10-/m1/s1. The summed E-state index contributed by atoms with van der Waals surface area (Å²) in [4.78, 5) is 21.8. The van der Waals surface area contributed by atoms with Gasteiger partial charge in [-0.2, -0.15) is 0 Å².